The zero-order valence-corrected chi connectivity index (χ0v) is 12.7. The number of aromatic amines is 1. The van der Waals surface area contributed by atoms with E-state index in [4.69, 9.17) is 0 Å². The first-order valence-corrected chi connectivity index (χ1v) is 7.41. The molecule has 0 spiro atoms. The van der Waals surface area contributed by atoms with Gasteiger partial charge in [-0.1, -0.05) is 11.8 Å². The molecule has 3 nitrogen and oxygen atoms in total. The van der Waals surface area contributed by atoms with Crippen LogP contribution in [-0.4, -0.2) is 15.2 Å². The molecule has 0 aliphatic heterocycles. The molecule has 0 aliphatic carbocycles. The van der Waals surface area contributed by atoms with Crippen molar-refractivity contribution in [2.24, 2.45) is 0 Å². The normalized spacial score (nSPS) is 11.1. The quantitative estimate of drug-likeness (QED) is 0.676. The summed E-state index contributed by atoms with van der Waals surface area (Å²) < 4.78 is 37.7. The highest BCUT2D eigenvalue weighted by Crippen LogP contribution is 2.29. The molecule has 3 aromatic rings. The number of H-pyrrole nitrogens is 1. The number of hydrogen-bond acceptors (Lipinski definition) is 3. The Labute approximate surface area is 134 Å². The second-order valence-electron chi connectivity index (χ2n) is 4.75. The highest BCUT2D eigenvalue weighted by Gasteiger charge is 2.34. The Morgan fingerprint density at radius 1 is 1.13 bits per heavy atom. The molecule has 1 N–H and O–H groups in total. The van der Waals surface area contributed by atoms with Crippen LogP contribution in [0.1, 0.15) is 21.0 Å². The Balaban J connectivity index is 1.88. The second kappa shape index (κ2) is 5.89. The van der Waals surface area contributed by atoms with Crippen LogP contribution in [0.25, 0.3) is 11.4 Å². The van der Waals surface area contributed by atoms with Crippen LogP contribution in [0.15, 0.2) is 36.5 Å². The lowest BCUT2D eigenvalue weighted by atomic mass is 10.2. The maximum atomic E-state index is 12.6. The van der Waals surface area contributed by atoms with Gasteiger partial charge in [-0.15, -0.1) is 11.3 Å². The van der Waals surface area contributed by atoms with Crippen molar-refractivity contribution in [1.82, 2.24) is 15.2 Å². The van der Waals surface area contributed by atoms with Crippen LogP contribution in [0.4, 0.5) is 13.2 Å². The average molecular weight is 333 g/mol. The summed E-state index contributed by atoms with van der Waals surface area (Å²) in [6.45, 7) is 2.00. The van der Waals surface area contributed by atoms with Crippen molar-refractivity contribution in [3.05, 3.63) is 57.5 Å². The number of hydrogen-bond donors (Lipinski definition) is 1. The minimum absolute atomic E-state index is 0.202. The van der Waals surface area contributed by atoms with E-state index in [0.29, 0.717) is 11.3 Å². The summed E-state index contributed by atoms with van der Waals surface area (Å²) in [4.78, 5) is 6.16. The number of nitrogens with zero attached hydrogens (tertiary/aromatic N) is 2. The minimum atomic E-state index is -4.48. The lowest BCUT2D eigenvalue weighted by Gasteiger charge is -1.99. The molecule has 0 fully saturated rings. The van der Waals surface area contributed by atoms with Crippen LogP contribution in [0, 0.1) is 18.8 Å². The molecule has 0 aromatic carbocycles. The number of thiophene rings is 1. The molecule has 0 radical (unpaired) electrons. The molecule has 0 amide bonds. The van der Waals surface area contributed by atoms with E-state index in [0.717, 1.165) is 10.9 Å². The Morgan fingerprint density at radius 2 is 1.96 bits per heavy atom. The van der Waals surface area contributed by atoms with Crippen molar-refractivity contribution < 1.29 is 13.2 Å². The first-order valence-electron chi connectivity index (χ1n) is 6.59. The first kappa shape index (κ1) is 15.3. The molecule has 3 rings (SSSR count). The Morgan fingerprint density at radius 3 is 2.61 bits per heavy atom. The van der Waals surface area contributed by atoms with Crippen LogP contribution in [0.3, 0.4) is 0 Å². The average Bonchev–Trinajstić information content (AvgIpc) is 3.14. The number of rotatable bonds is 1. The zero-order valence-electron chi connectivity index (χ0n) is 11.9. The van der Waals surface area contributed by atoms with Gasteiger partial charge in [0.15, 0.2) is 5.69 Å². The SMILES string of the molecule is Cc1ccc(C#Cc2ccnc(-c3cc(C(F)(F)F)n[nH]3)c2)s1. The molecule has 116 valence electrons. The molecular formula is C16H10F3N3S. The predicted octanol–water partition coefficient (Wildman–Crippen LogP) is 4.26. The monoisotopic (exact) mass is 333 g/mol. The molecule has 0 aliphatic rings. The van der Waals surface area contributed by atoms with Gasteiger partial charge in [-0.3, -0.25) is 10.1 Å². The maximum Gasteiger partial charge on any atom is 0.435 e. The number of pyridine rings is 1. The van der Waals surface area contributed by atoms with Crippen LogP contribution in [-0.2, 0) is 6.18 Å². The van der Waals surface area contributed by atoms with Gasteiger partial charge in [-0.05, 0) is 37.3 Å². The largest absolute Gasteiger partial charge is 0.435 e. The van der Waals surface area contributed by atoms with Crippen LogP contribution in [0.2, 0.25) is 0 Å². The van der Waals surface area contributed by atoms with Crippen molar-refractivity contribution in [2.45, 2.75) is 13.1 Å². The highest BCUT2D eigenvalue weighted by molar-refractivity contribution is 7.12. The lowest BCUT2D eigenvalue weighted by Crippen LogP contribution is -2.04. The standard InChI is InChI=1S/C16H10F3N3S/c1-10-2-4-12(23-10)5-3-11-6-7-20-13(8-11)14-9-15(22-21-14)16(17,18)19/h2,4,6-9H,1H3,(H,21,22). The van der Waals surface area contributed by atoms with Gasteiger partial charge in [-0.25, -0.2) is 0 Å². The maximum absolute atomic E-state index is 12.6. The van der Waals surface area contributed by atoms with Gasteiger partial charge in [-0.2, -0.15) is 18.3 Å². The van der Waals surface area contributed by atoms with Gasteiger partial charge >= 0.3 is 6.18 Å². The number of aromatic nitrogens is 3. The van der Waals surface area contributed by atoms with Gasteiger partial charge in [0.25, 0.3) is 0 Å². The second-order valence-corrected chi connectivity index (χ2v) is 6.04. The van der Waals surface area contributed by atoms with Crippen molar-refractivity contribution in [2.75, 3.05) is 0 Å². The third-order valence-electron chi connectivity index (χ3n) is 2.97. The van der Waals surface area contributed by atoms with Crippen molar-refractivity contribution in [3.63, 3.8) is 0 Å². The molecular weight excluding hydrogens is 323 g/mol. The topological polar surface area (TPSA) is 41.6 Å². The first-order chi connectivity index (χ1) is 10.9. The van der Waals surface area contributed by atoms with Gasteiger partial charge in [0.05, 0.1) is 16.3 Å². The molecule has 0 bridgehead atoms. The molecule has 0 saturated heterocycles. The number of aryl methyl sites for hydroxylation is 1. The smallest absolute Gasteiger partial charge is 0.276 e. The fourth-order valence-electron chi connectivity index (χ4n) is 1.89. The van der Waals surface area contributed by atoms with E-state index in [1.165, 1.54) is 11.1 Å². The summed E-state index contributed by atoms with van der Waals surface area (Å²) in [6, 6.07) is 8.18. The zero-order chi connectivity index (χ0) is 16.4. The van der Waals surface area contributed by atoms with E-state index in [9.17, 15) is 13.2 Å². The number of halogens is 3. The van der Waals surface area contributed by atoms with Crippen molar-refractivity contribution >= 4 is 11.3 Å². The fourth-order valence-corrected chi connectivity index (χ4v) is 2.61. The van der Waals surface area contributed by atoms with Gasteiger partial charge in [0.2, 0.25) is 0 Å². The van der Waals surface area contributed by atoms with E-state index in [1.54, 1.807) is 23.5 Å². The molecule has 7 heteroatoms. The summed E-state index contributed by atoms with van der Waals surface area (Å²) >= 11 is 1.58. The van der Waals surface area contributed by atoms with E-state index in [1.807, 2.05) is 19.1 Å². The van der Waals surface area contributed by atoms with Gasteiger partial charge in [0.1, 0.15) is 0 Å². The van der Waals surface area contributed by atoms with E-state index in [2.05, 4.69) is 27.0 Å². The van der Waals surface area contributed by atoms with Crippen molar-refractivity contribution in [1.29, 1.82) is 0 Å². The van der Waals surface area contributed by atoms with E-state index in [-0.39, 0.29) is 5.69 Å². The highest BCUT2D eigenvalue weighted by atomic mass is 32.1. The molecule has 3 aromatic heterocycles. The molecule has 0 saturated carbocycles. The number of nitrogens with one attached hydrogen (secondary N) is 1. The summed E-state index contributed by atoms with van der Waals surface area (Å²) in [5, 5.41) is 5.62. The summed E-state index contributed by atoms with van der Waals surface area (Å²) in [5.74, 6) is 6.01. The van der Waals surface area contributed by atoms with Crippen molar-refractivity contribution in [3.8, 4) is 23.2 Å². The summed E-state index contributed by atoms with van der Waals surface area (Å²) in [5.41, 5.74) is 0.263. The molecule has 0 atom stereocenters. The third kappa shape index (κ3) is 3.60. The third-order valence-corrected chi connectivity index (χ3v) is 3.89. The van der Waals surface area contributed by atoms with Gasteiger partial charge < -0.3 is 0 Å². The van der Waals surface area contributed by atoms with E-state index >= 15 is 0 Å². The molecule has 23 heavy (non-hydrogen) atoms. The summed E-state index contributed by atoms with van der Waals surface area (Å²) in [7, 11) is 0. The van der Waals surface area contributed by atoms with Crippen LogP contribution >= 0.6 is 11.3 Å². The van der Waals surface area contributed by atoms with E-state index < -0.39 is 11.9 Å². The number of alkyl halides is 3. The van der Waals surface area contributed by atoms with Crippen LogP contribution in [0.5, 0.6) is 0 Å². The summed E-state index contributed by atoms with van der Waals surface area (Å²) in [6.07, 6.45) is -2.98. The van der Waals surface area contributed by atoms with Crippen LogP contribution < -0.4 is 0 Å². The molecule has 3 heterocycles. The predicted molar refractivity (Wildman–Crippen MR) is 81.9 cm³/mol. The van der Waals surface area contributed by atoms with Gasteiger partial charge in [0, 0.05) is 16.6 Å². The lowest BCUT2D eigenvalue weighted by molar-refractivity contribution is -0.141. The fraction of sp³-hybridized carbons (Fsp3) is 0.125. The molecule has 0 unspecified atom stereocenters. The Bertz CT molecular complexity index is 897. The Kier molecular flexibility index (Phi) is 3.92. The minimum Gasteiger partial charge on any atom is -0.276 e. The Hall–Kier alpha value is -2.59.